The maximum absolute atomic E-state index is 13.1. The number of nitrogens with zero attached hydrogens (tertiary/aromatic N) is 1. The molecule has 3 heterocycles. The van der Waals surface area contributed by atoms with Crippen molar-refractivity contribution in [2.45, 2.75) is 63.1 Å². The second kappa shape index (κ2) is 9.20. The molecule has 2 bridgehead atoms. The van der Waals surface area contributed by atoms with Crippen LogP contribution in [0.4, 0.5) is 0 Å². The highest BCUT2D eigenvalue weighted by molar-refractivity contribution is 5.85. The number of rotatable bonds is 6. The van der Waals surface area contributed by atoms with Gasteiger partial charge in [0.25, 0.3) is 0 Å². The van der Waals surface area contributed by atoms with Gasteiger partial charge in [0.2, 0.25) is 5.91 Å². The molecule has 3 saturated heterocycles. The van der Waals surface area contributed by atoms with Crippen LogP contribution in [0.3, 0.4) is 0 Å². The number of hydrogen-bond donors (Lipinski definition) is 1. The van der Waals surface area contributed by atoms with Crippen molar-refractivity contribution in [3.63, 3.8) is 0 Å². The summed E-state index contributed by atoms with van der Waals surface area (Å²) in [4.78, 5) is 15.2. The van der Waals surface area contributed by atoms with Crippen molar-refractivity contribution in [1.29, 1.82) is 0 Å². The number of hydrogen-bond acceptors (Lipinski definition) is 3. The lowest BCUT2D eigenvalue weighted by atomic mass is 9.89. The number of carbonyl (C=O) groups is 1. The largest absolute Gasteiger partial charge is 0.379 e. The minimum Gasteiger partial charge on any atom is -0.379 e. The van der Waals surface area contributed by atoms with Gasteiger partial charge in [0.05, 0.1) is 12.6 Å². The molecule has 3 unspecified atom stereocenters. The Hall–Kier alpha value is -1.10. The Morgan fingerprint density at radius 3 is 2.50 bits per heavy atom. The number of benzene rings is 1. The predicted octanol–water partition coefficient (Wildman–Crippen LogP) is 3.19. The van der Waals surface area contributed by atoms with Gasteiger partial charge in [0, 0.05) is 31.7 Å². The summed E-state index contributed by atoms with van der Waals surface area (Å²) in [6, 6.07) is 12.1. The van der Waals surface area contributed by atoms with E-state index in [2.05, 4.69) is 34.5 Å². The van der Waals surface area contributed by atoms with Crippen LogP contribution in [0.25, 0.3) is 0 Å². The lowest BCUT2D eigenvalue weighted by Crippen LogP contribution is -2.44. The van der Waals surface area contributed by atoms with Gasteiger partial charge in [-0.3, -0.25) is 4.79 Å². The van der Waals surface area contributed by atoms with E-state index >= 15 is 0 Å². The van der Waals surface area contributed by atoms with Crippen LogP contribution in [-0.2, 0) is 16.0 Å². The topological polar surface area (TPSA) is 41.6 Å². The number of fused-ring (bicyclic) bond motifs is 2. The van der Waals surface area contributed by atoms with Crippen LogP contribution in [0.5, 0.6) is 0 Å². The molecule has 1 amide bonds. The number of halogens is 1. The van der Waals surface area contributed by atoms with E-state index in [4.69, 9.17) is 4.74 Å². The number of carbonyl (C=O) groups excluding carboxylic acids is 1. The molecular weight excluding hydrogens is 348 g/mol. The monoisotopic (exact) mass is 378 g/mol. The van der Waals surface area contributed by atoms with Gasteiger partial charge in [-0.15, -0.1) is 12.4 Å². The summed E-state index contributed by atoms with van der Waals surface area (Å²) in [5, 5.41) is 3.68. The summed E-state index contributed by atoms with van der Waals surface area (Å²) >= 11 is 0. The third-order valence-corrected chi connectivity index (χ3v) is 6.18. The smallest absolute Gasteiger partial charge is 0.223 e. The standard InChI is InChI=1S/C21H30N2O2.ClH/c24-21(14-17-12-18-6-7-19(13-17)22-18)23(20-9-11-25-15-20)10-8-16-4-2-1-3-5-16;/h1-5,17-20,22H,6-15H2;1H. The molecular formula is C21H31ClN2O2. The molecule has 26 heavy (non-hydrogen) atoms. The Bertz CT molecular complexity index is 565. The molecule has 0 radical (unpaired) electrons. The first-order chi connectivity index (χ1) is 12.3. The summed E-state index contributed by atoms with van der Waals surface area (Å²) < 4.78 is 5.57. The quantitative estimate of drug-likeness (QED) is 0.826. The van der Waals surface area contributed by atoms with Gasteiger partial charge < -0.3 is 15.0 Å². The normalized spacial score (nSPS) is 30.0. The van der Waals surface area contributed by atoms with E-state index in [0.717, 1.165) is 32.4 Å². The highest BCUT2D eigenvalue weighted by atomic mass is 35.5. The molecule has 5 heteroatoms. The number of amides is 1. The van der Waals surface area contributed by atoms with Gasteiger partial charge in [-0.25, -0.2) is 0 Å². The van der Waals surface area contributed by atoms with Gasteiger partial charge in [-0.1, -0.05) is 30.3 Å². The molecule has 3 fully saturated rings. The summed E-state index contributed by atoms with van der Waals surface area (Å²) in [5.74, 6) is 0.908. The van der Waals surface area contributed by atoms with E-state index in [-0.39, 0.29) is 18.4 Å². The van der Waals surface area contributed by atoms with Crippen LogP contribution in [-0.4, -0.2) is 48.7 Å². The molecule has 1 aromatic rings. The fraction of sp³-hybridized carbons (Fsp3) is 0.667. The van der Waals surface area contributed by atoms with E-state index in [1.165, 1.54) is 31.2 Å². The highest BCUT2D eigenvalue weighted by Crippen LogP contribution is 2.33. The van der Waals surface area contributed by atoms with Crippen LogP contribution in [0.15, 0.2) is 30.3 Å². The zero-order chi connectivity index (χ0) is 17.1. The SMILES string of the molecule is Cl.O=C(CC1CC2CCC(C1)N2)N(CCc1ccccc1)C1CCOC1. The number of piperidine rings is 1. The average Bonchev–Trinajstić information content (AvgIpc) is 3.26. The lowest BCUT2D eigenvalue weighted by molar-refractivity contribution is -0.134. The van der Waals surface area contributed by atoms with E-state index < -0.39 is 0 Å². The van der Waals surface area contributed by atoms with Crippen LogP contribution < -0.4 is 5.32 Å². The molecule has 0 spiro atoms. The molecule has 3 atom stereocenters. The summed E-state index contributed by atoms with van der Waals surface area (Å²) in [5.41, 5.74) is 1.30. The van der Waals surface area contributed by atoms with Crippen molar-refractivity contribution < 1.29 is 9.53 Å². The first kappa shape index (κ1) is 19.7. The molecule has 144 valence electrons. The molecule has 4 rings (SSSR count). The van der Waals surface area contributed by atoms with Crippen LogP contribution in [0.1, 0.15) is 44.1 Å². The predicted molar refractivity (Wildman–Crippen MR) is 106 cm³/mol. The van der Waals surface area contributed by atoms with Gasteiger partial charge in [-0.05, 0) is 50.0 Å². The second-order valence-electron chi connectivity index (χ2n) is 8.02. The zero-order valence-corrected chi connectivity index (χ0v) is 16.3. The lowest BCUT2D eigenvalue weighted by Gasteiger charge is -2.33. The van der Waals surface area contributed by atoms with Gasteiger partial charge in [0.15, 0.2) is 0 Å². The van der Waals surface area contributed by atoms with Crippen LogP contribution >= 0.6 is 12.4 Å². The molecule has 0 aliphatic carbocycles. The minimum atomic E-state index is 0. The highest BCUT2D eigenvalue weighted by Gasteiger charge is 2.36. The Morgan fingerprint density at radius 2 is 1.85 bits per heavy atom. The fourth-order valence-corrected chi connectivity index (χ4v) is 4.88. The number of ether oxygens (including phenoxy) is 1. The van der Waals surface area contributed by atoms with E-state index in [0.29, 0.717) is 30.5 Å². The molecule has 3 aliphatic rings. The first-order valence-corrected chi connectivity index (χ1v) is 9.95. The van der Waals surface area contributed by atoms with Crippen LogP contribution in [0, 0.1) is 5.92 Å². The maximum atomic E-state index is 13.1. The van der Waals surface area contributed by atoms with E-state index in [1.807, 2.05) is 6.07 Å². The average molecular weight is 379 g/mol. The number of nitrogens with one attached hydrogen (secondary N) is 1. The summed E-state index contributed by atoms with van der Waals surface area (Å²) in [7, 11) is 0. The fourth-order valence-electron chi connectivity index (χ4n) is 4.88. The van der Waals surface area contributed by atoms with E-state index in [9.17, 15) is 4.79 Å². The van der Waals surface area contributed by atoms with Crippen molar-refractivity contribution in [3.05, 3.63) is 35.9 Å². The molecule has 3 aliphatic heterocycles. The molecule has 4 nitrogen and oxygen atoms in total. The third-order valence-electron chi connectivity index (χ3n) is 6.18. The van der Waals surface area contributed by atoms with Gasteiger partial charge >= 0.3 is 0 Å². The molecule has 1 N–H and O–H groups in total. The third kappa shape index (κ3) is 4.79. The van der Waals surface area contributed by atoms with Crippen molar-refractivity contribution in [2.24, 2.45) is 5.92 Å². The Labute approximate surface area is 163 Å². The molecule has 1 aromatic carbocycles. The molecule has 0 saturated carbocycles. The Morgan fingerprint density at radius 1 is 1.12 bits per heavy atom. The zero-order valence-electron chi connectivity index (χ0n) is 15.4. The van der Waals surface area contributed by atoms with Crippen molar-refractivity contribution >= 4 is 18.3 Å². The van der Waals surface area contributed by atoms with Gasteiger partial charge in [0.1, 0.15) is 0 Å². The van der Waals surface area contributed by atoms with Crippen molar-refractivity contribution in [1.82, 2.24) is 10.2 Å². The second-order valence-corrected chi connectivity index (χ2v) is 8.02. The van der Waals surface area contributed by atoms with E-state index in [1.54, 1.807) is 0 Å². The molecule has 0 aromatic heterocycles. The maximum Gasteiger partial charge on any atom is 0.223 e. The van der Waals surface area contributed by atoms with Gasteiger partial charge in [-0.2, -0.15) is 0 Å². The minimum absolute atomic E-state index is 0. The van der Waals surface area contributed by atoms with Crippen molar-refractivity contribution in [2.75, 3.05) is 19.8 Å². The summed E-state index contributed by atoms with van der Waals surface area (Å²) in [6.07, 6.45) is 7.58. The Balaban J connectivity index is 0.00000196. The van der Waals surface area contributed by atoms with Crippen LogP contribution in [0.2, 0.25) is 0 Å². The Kier molecular flexibility index (Phi) is 6.96. The first-order valence-electron chi connectivity index (χ1n) is 9.95. The van der Waals surface area contributed by atoms with Crippen molar-refractivity contribution in [3.8, 4) is 0 Å². The summed E-state index contributed by atoms with van der Waals surface area (Å²) in [6.45, 7) is 2.31.